The Morgan fingerprint density at radius 2 is 2.57 bits per heavy atom. The lowest BCUT2D eigenvalue weighted by molar-refractivity contribution is 0.862. The van der Waals surface area contributed by atoms with E-state index in [0.717, 1.165) is 13.1 Å². The van der Waals surface area contributed by atoms with Gasteiger partial charge in [-0.15, -0.1) is 0 Å². The van der Waals surface area contributed by atoms with Gasteiger partial charge in [-0.2, -0.15) is 12.6 Å². The second-order valence-corrected chi connectivity index (χ2v) is 1.97. The summed E-state index contributed by atoms with van der Waals surface area (Å²) in [5.74, 6) is 0. The maximum absolute atomic E-state index is 4.01. The molecule has 1 saturated heterocycles. The smallest absolute Gasteiger partial charge is 0.0173 e. The van der Waals surface area contributed by atoms with Crippen LogP contribution >= 0.6 is 12.6 Å². The first kappa shape index (κ1) is 5.19. The van der Waals surface area contributed by atoms with Crippen molar-refractivity contribution in [3.63, 3.8) is 0 Å². The van der Waals surface area contributed by atoms with E-state index in [2.05, 4.69) is 17.9 Å². The zero-order valence-corrected chi connectivity index (χ0v) is 5.04. The van der Waals surface area contributed by atoms with Crippen LogP contribution in [0.3, 0.4) is 0 Å². The van der Waals surface area contributed by atoms with Crippen molar-refractivity contribution in [1.82, 2.24) is 5.32 Å². The molecule has 0 saturated carbocycles. The summed E-state index contributed by atoms with van der Waals surface area (Å²) in [4.78, 5) is 0. The molecule has 1 rings (SSSR count). The summed E-state index contributed by atoms with van der Waals surface area (Å²) in [6.07, 6.45) is 1.18. The van der Waals surface area contributed by atoms with Crippen molar-refractivity contribution in [2.45, 2.75) is 6.42 Å². The molecule has 0 aromatic carbocycles. The van der Waals surface area contributed by atoms with Crippen LogP contribution in [-0.4, -0.2) is 13.1 Å². The van der Waals surface area contributed by atoms with E-state index in [0.29, 0.717) is 0 Å². The van der Waals surface area contributed by atoms with Crippen LogP contribution in [0.5, 0.6) is 0 Å². The predicted octanol–water partition coefficient (Wildman–Crippen LogP) is 0.793. The van der Waals surface area contributed by atoms with Crippen molar-refractivity contribution in [2.24, 2.45) is 0 Å². The molecule has 40 valence electrons. The normalized spacial score (nSPS) is 26.7. The molecule has 2 heteroatoms. The Kier molecular flexibility index (Phi) is 1.77. The van der Waals surface area contributed by atoms with Gasteiger partial charge < -0.3 is 5.32 Å². The van der Waals surface area contributed by atoms with Crippen LogP contribution in [0.2, 0.25) is 0 Å². The third-order valence-electron chi connectivity index (χ3n) is 1.16. The molecule has 0 amide bonds. The van der Waals surface area contributed by atoms with Gasteiger partial charge in [-0.05, 0) is 23.9 Å². The second-order valence-electron chi connectivity index (χ2n) is 1.71. The van der Waals surface area contributed by atoms with E-state index < -0.39 is 0 Å². The van der Waals surface area contributed by atoms with Crippen LogP contribution < -0.4 is 5.32 Å². The van der Waals surface area contributed by atoms with Crippen LogP contribution in [0.4, 0.5) is 0 Å². The summed E-state index contributed by atoms with van der Waals surface area (Å²) in [6, 6.07) is 0. The van der Waals surface area contributed by atoms with E-state index in [-0.39, 0.29) is 0 Å². The Hall–Kier alpha value is 0.0500. The molecular formula is C5H9NS. The SMILES string of the molecule is S/C=C1/CCNC1. The van der Waals surface area contributed by atoms with E-state index in [1.54, 1.807) is 0 Å². The lowest BCUT2D eigenvalue weighted by Crippen LogP contribution is -2.04. The van der Waals surface area contributed by atoms with Crippen LogP contribution in [0.25, 0.3) is 0 Å². The highest BCUT2D eigenvalue weighted by molar-refractivity contribution is 7.83. The predicted molar refractivity (Wildman–Crippen MR) is 34.6 cm³/mol. The first-order chi connectivity index (χ1) is 3.43. The monoisotopic (exact) mass is 115 g/mol. The van der Waals surface area contributed by atoms with Crippen LogP contribution in [0.1, 0.15) is 6.42 Å². The standard InChI is InChI=1S/C5H9NS/c7-4-5-1-2-6-3-5/h4,6-7H,1-3H2/b5-4-. The van der Waals surface area contributed by atoms with Crippen molar-refractivity contribution >= 4 is 12.6 Å². The van der Waals surface area contributed by atoms with Gasteiger partial charge in [0.25, 0.3) is 0 Å². The van der Waals surface area contributed by atoms with Gasteiger partial charge in [0.05, 0.1) is 0 Å². The minimum atomic E-state index is 1.05. The quantitative estimate of drug-likeness (QED) is 0.445. The fourth-order valence-corrected chi connectivity index (χ4v) is 0.917. The Balaban J connectivity index is 2.41. The molecule has 0 radical (unpaired) electrons. The van der Waals surface area contributed by atoms with Crippen LogP contribution in [0.15, 0.2) is 11.0 Å². The maximum Gasteiger partial charge on any atom is 0.0173 e. The number of thiol groups is 1. The van der Waals surface area contributed by atoms with Gasteiger partial charge in [0.2, 0.25) is 0 Å². The van der Waals surface area contributed by atoms with Gasteiger partial charge >= 0.3 is 0 Å². The summed E-state index contributed by atoms with van der Waals surface area (Å²) in [7, 11) is 0. The summed E-state index contributed by atoms with van der Waals surface area (Å²) in [5.41, 5.74) is 1.42. The van der Waals surface area contributed by atoms with Crippen molar-refractivity contribution in [1.29, 1.82) is 0 Å². The van der Waals surface area contributed by atoms with E-state index in [1.165, 1.54) is 12.0 Å². The van der Waals surface area contributed by atoms with Gasteiger partial charge in [-0.25, -0.2) is 0 Å². The highest BCUT2D eigenvalue weighted by atomic mass is 32.1. The fourth-order valence-electron chi connectivity index (χ4n) is 0.696. The highest BCUT2D eigenvalue weighted by Crippen LogP contribution is 2.05. The molecule has 0 aliphatic carbocycles. The second kappa shape index (κ2) is 2.38. The number of rotatable bonds is 0. The number of hydrogen-bond donors (Lipinski definition) is 2. The molecule has 0 atom stereocenters. The maximum atomic E-state index is 4.01. The molecular weight excluding hydrogens is 106 g/mol. The minimum absolute atomic E-state index is 1.05. The van der Waals surface area contributed by atoms with Crippen molar-refractivity contribution < 1.29 is 0 Å². The molecule has 0 aromatic rings. The molecule has 1 fully saturated rings. The zero-order chi connectivity index (χ0) is 5.11. The fraction of sp³-hybridized carbons (Fsp3) is 0.600. The summed E-state index contributed by atoms with van der Waals surface area (Å²) in [5, 5.41) is 5.09. The average molecular weight is 115 g/mol. The third-order valence-corrected chi connectivity index (χ3v) is 1.52. The van der Waals surface area contributed by atoms with Crippen LogP contribution in [0, 0.1) is 0 Å². The van der Waals surface area contributed by atoms with Gasteiger partial charge in [0, 0.05) is 6.54 Å². The van der Waals surface area contributed by atoms with Gasteiger partial charge in [-0.1, -0.05) is 0 Å². The minimum Gasteiger partial charge on any atom is -0.313 e. The molecule has 1 N–H and O–H groups in total. The largest absolute Gasteiger partial charge is 0.313 e. The van der Waals surface area contributed by atoms with Gasteiger partial charge in [0.15, 0.2) is 0 Å². The molecule has 1 aliphatic heterocycles. The Morgan fingerprint density at radius 3 is 2.86 bits per heavy atom. The molecule has 1 heterocycles. The van der Waals surface area contributed by atoms with E-state index >= 15 is 0 Å². The van der Waals surface area contributed by atoms with Crippen molar-refractivity contribution in [3.05, 3.63) is 11.0 Å². The Bertz CT molecular complexity index is 80.1. The topological polar surface area (TPSA) is 12.0 Å². The van der Waals surface area contributed by atoms with Gasteiger partial charge in [-0.3, -0.25) is 0 Å². The van der Waals surface area contributed by atoms with Crippen molar-refractivity contribution in [2.75, 3.05) is 13.1 Å². The number of nitrogens with one attached hydrogen (secondary N) is 1. The van der Waals surface area contributed by atoms with E-state index in [9.17, 15) is 0 Å². The summed E-state index contributed by atoms with van der Waals surface area (Å²) in [6.45, 7) is 2.18. The summed E-state index contributed by atoms with van der Waals surface area (Å²) < 4.78 is 0. The summed E-state index contributed by atoms with van der Waals surface area (Å²) >= 11 is 4.01. The molecule has 0 unspecified atom stereocenters. The van der Waals surface area contributed by atoms with Crippen molar-refractivity contribution in [3.8, 4) is 0 Å². The van der Waals surface area contributed by atoms with Gasteiger partial charge in [0.1, 0.15) is 0 Å². The molecule has 7 heavy (non-hydrogen) atoms. The van der Waals surface area contributed by atoms with E-state index in [1.807, 2.05) is 5.41 Å². The lowest BCUT2D eigenvalue weighted by Gasteiger charge is -1.84. The Morgan fingerprint density at radius 1 is 1.71 bits per heavy atom. The number of hydrogen-bond acceptors (Lipinski definition) is 2. The average Bonchev–Trinajstić information content (AvgIpc) is 2.14. The van der Waals surface area contributed by atoms with Crippen LogP contribution in [-0.2, 0) is 0 Å². The molecule has 0 bridgehead atoms. The van der Waals surface area contributed by atoms with E-state index in [4.69, 9.17) is 0 Å². The lowest BCUT2D eigenvalue weighted by atomic mass is 10.3. The third kappa shape index (κ3) is 1.21. The molecule has 0 spiro atoms. The molecule has 1 nitrogen and oxygen atoms in total. The molecule has 0 aromatic heterocycles. The first-order valence-corrected chi connectivity index (χ1v) is 2.98. The first-order valence-electron chi connectivity index (χ1n) is 2.46. The highest BCUT2D eigenvalue weighted by Gasteiger charge is 2.01. The molecule has 1 aliphatic rings. The zero-order valence-electron chi connectivity index (χ0n) is 4.15. The Labute approximate surface area is 49.2 Å².